The fraction of sp³-hybridized carbons (Fsp3) is 0.571. The Morgan fingerprint density at radius 2 is 2.06 bits per heavy atom. The van der Waals surface area contributed by atoms with E-state index < -0.39 is 0 Å². The van der Waals surface area contributed by atoms with E-state index in [1.54, 1.807) is 6.07 Å². The third-order valence-corrected chi connectivity index (χ3v) is 3.69. The average Bonchev–Trinajstić information content (AvgIpc) is 2.70. The lowest BCUT2D eigenvalue weighted by atomic mass is 9.92. The molecule has 1 fully saturated rings. The third kappa shape index (κ3) is 2.62. The van der Waals surface area contributed by atoms with E-state index in [-0.39, 0.29) is 11.9 Å². The molecule has 16 heavy (non-hydrogen) atoms. The van der Waals surface area contributed by atoms with Crippen LogP contribution < -0.4 is 5.73 Å². The molecule has 1 aliphatic rings. The second kappa shape index (κ2) is 4.96. The van der Waals surface area contributed by atoms with Gasteiger partial charge in [0, 0.05) is 6.04 Å². The molecular formula is C14H20FN. The van der Waals surface area contributed by atoms with Crippen molar-refractivity contribution in [2.45, 2.75) is 45.1 Å². The van der Waals surface area contributed by atoms with Gasteiger partial charge in [0.1, 0.15) is 5.82 Å². The highest BCUT2D eigenvalue weighted by molar-refractivity contribution is 5.29. The zero-order chi connectivity index (χ0) is 11.5. The Morgan fingerprint density at radius 1 is 1.38 bits per heavy atom. The van der Waals surface area contributed by atoms with E-state index in [0.717, 1.165) is 23.5 Å². The summed E-state index contributed by atoms with van der Waals surface area (Å²) in [6, 6.07) is 4.99. The third-order valence-electron chi connectivity index (χ3n) is 3.69. The lowest BCUT2D eigenvalue weighted by Crippen LogP contribution is -2.15. The predicted octanol–water partition coefficient (Wildman–Crippen LogP) is 3.71. The molecule has 2 rings (SSSR count). The predicted molar refractivity (Wildman–Crippen MR) is 64.6 cm³/mol. The van der Waals surface area contributed by atoms with Gasteiger partial charge in [0.25, 0.3) is 0 Å². The lowest BCUT2D eigenvalue weighted by molar-refractivity contribution is 0.449. The van der Waals surface area contributed by atoms with Crippen molar-refractivity contribution in [2.24, 2.45) is 11.7 Å². The minimum Gasteiger partial charge on any atom is -0.324 e. The Balaban J connectivity index is 2.04. The van der Waals surface area contributed by atoms with E-state index in [0.29, 0.717) is 0 Å². The number of halogens is 1. The second-order valence-electron chi connectivity index (χ2n) is 4.99. The smallest absolute Gasteiger partial charge is 0.123 e. The van der Waals surface area contributed by atoms with Crippen LogP contribution in [0.25, 0.3) is 0 Å². The molecule has 1 atom stereocenters. The van der Waals surface area contributed by atoms with Gasteiger partial charge in [0.2, 0.25) is 0 Å². The first-order valence-corrected chi connectivity index (χ1v) is 6.18. The molecule has 2 N–H and O–H groups in total. The van der Waals surface area contributed by atoms with Crippen molar-refractivity contribution in [1.82, 2.24) is 0 Å². The molecule has 1 saturated carbocycles. The Kier molecular flexibility index (Phi) is 3.59. The maximum atomic E-state index is 13.0. The van der Waals surface area contributed by atoms with Crippen molar-refractivity contribution in [1.29, 1.82) is 0 Å². The van der Waals surface area contributed by atoms with Gasteiger partial charge in [-0.05, 0) is 42.5 Å². The monoisotopic (exact) mass is 221 g/mol. The van der Waals surface area contributed by atoms with Crippen LogP contribution in [0.4, 0.5) is 4.39 Å². The van der Waals surface area contributed by atoms with Crippen molar-refractivity contribution in [3.8, 4) is 0 Å². The van der Waals surface area contributed by atoms with Gasteiger partial charge in [-0.3, -0.25) is 0 Å². The SMILES string of the molecule is Cc1cc(F)ccc1C(N)CC1CCCC1. The molecule has 0 bridgehead atoms. The van der Waals surface area contributed by atoms with Crippen molar-refractivity contribution in [3.05, 3.63) is 35.1 Å². The molecule has 1 aliphatic carbocycles. The van der Waals surface area contributed by atoms with Gasteiger partial charge in [0.05, 0.1) is 0 Å². The van der Waals surface area contributed by atoms with Crippen LogP contribution >= 0.6 is 0 Å². The van der Waals surface area contributed by atoms with E-state index in [1.807, 2.05) is 13.0 Å². The van der Waals surface area contributed by atoms with Gasteiger partial charge in [-0.15, -0.1) is 0 Å². The number of rotatable bonds is 3. The number of hydrogen-bond acceptors (Lipinski definition) is 1. The van der Waals surface area contributed by atoms with Crippen LogP contribution in [0.3, 0.4) is 0 Å². The van der Waals surface area contributed by atoms with Crippen LogP contribution in [-0.4, -0.2) is 0 Å². The van der Waals surface area contributed by atoms with Gasteiger partial charge in [-0.1, -0.05) is 31.7 Å². The van der Waals surface area contributed by atoms with E-state index >= 15 is 0 Å². The first kappa shape index (κ1) is 11.6. The fourth-order valence-corrected chi connectivity index (χ4v) is 2.79. The zero-order valence-electron chi connectivity index (χ0n) is 9.88. The van der Waals surface area contributed by atoms with Crippen molar-refractivity contribution < 1.29 is 4.39 Å². The highest BCUT2D eigenvalue weighted by Crippen LogP contribution is 2.32. The number of hydrogen-bond donors (Lipinski definition) is 1. The van der Waals surface area contributed by atoms with Crippen LogP contribution in [0.15, 0.2) is 18.2 Å². The molecule has 0 aromatic heterocycles. The van der Waals surface area contributed by atoms with Crippen LogP contribution in [0.2, 0.25) is 0 Å². The molecule has 1 aromatic rings. The van der Waals surface area contributed by atoms with Crippen molar-refractivity contribution in [2.75, 3.05) is 0 Å². The average molecular weight is 221 g/mol. The summed E-state index contributed by atoms with van der Waals surface area (Å²) >= 11 is 0. The van der Waals surface area contributed by atoms with Gasteiger partial charge >= 0.3 is 0 Å². The molecule has 1 aromatic carbocycles. The highest BCUT2D eigenvalue weighted by Gasteiger charge is 2.19. The van der Waals surface area contributed by atoms with E-state index in [2.05, 4.69) is 0 Å². The lowest BCUT2D eigenvalue weighted by Gasteiger charge is -2.18. The number of nitrogens with two attached hydrogens (primary N) is 1. The Labute approximate surface area is 96.9 Å². The maximum Gasteiger partial charge on any atom is 0.123 e. The summed E-state index contributed by atoms with van der Waals surface area (Å²) in [5, 5.41) is 0. The molecule has 0 heterocycles. The number of aryl methyl sites for hydroxylation is 1. The zero-order valence-corrected chi connectivity index (χ0v) is 9.88. The van der Waals surface area contributed by atoms with Gasteiger partial charge in [-0.25, -0.2) is 4.39 Å². The highest BCUT2D eigenvalue weighted by atomic mass is 19.1. The first-order chi connectivity index (χ1) is 7.66. The summed E-state index contributed by atoms with van der Waals surface area (Å²) in [7, 11) is 0. The molecule has 1 nitrogen and oxygen atoms in total. The Bertz CT molecular complexity index is 356. The van der Waals surface area contributed by atoms with Crippen LogP contribution in [-0.2, 0) is 0 Å². The van der Waals surface area contributed by atoms with Gasteiger partial charge < -0.3 is 5.73 Å². The molecule has 2 heteroatoms. The quantitative estimate of drug-likeness (QED) is 0.827. The topological polar surface area (TPSA) is 26.0 Å². The van der Waals surface area contributed by atoms with E-state index in [9.17, 15) is 4.39 Å². The Hall–Kier alpha value is -0.890. The number of benzene rings is 1. The van der Waals surface area contributed by atoms with Crippen LogP contribution in [0, 0.1) is 18.7 Å². The van der Waals surface area contributed by atoms with E-state index in [4.69, 9.17) is 5.73 Å². The van der Waals surface area contributed by atoms with Crippen molar-refractivity contribution in [3.63, 3.8) is 0 Å². The molecule has 0 radical (unpaired) electrons. The maximum absolute atomic E-state index is 13.0. The minimum atomic E-state index is -0.172. The summed E-state index contributed by atoms with van der Waals surface area (Å²) in [5.41, 5.74) is 8.29. The first-order valence-electron chi connectivity index (χ1n) is 6.18. The molecule has 0 amide bonds. The Morgan fingerprint density at radius 3 is 2.69 bits per heavy atom. The molecule has 0 saturated heterocycles. The second-order valence-corrected chi connectivity index (χ2v) is 4.99. The van der Waals surface area contributed by atoms with Crippen molar-refractivity contribution >= 4 is 0 Å². The molecule has 88 valence electrons. The summed E-state index contributed by atoms with van der Waals surface area (Å²) in [6.07, 6.45) is 6.37. The standard InChI is InChI=1S/C14H20FN/c1-10-8-12(15)6-7-13(10)14(16)9-11-4-2-3-5-11/h6-8,11,14H,2-5,9,16H2,1H3. The molecule has 0 spiro atoms. The summed E-state index contributed by atoms with van der Waals surface area (Å²) in [6.45, 7) is 1.94. The summed E-state index contributed by atoms with van der Waals surface area (Å²) in [5.74, 6) is 0.605. The fourth-order valence-electron chi connectivity index (χ4n) is 2.79. The molecule has 1 unspecified atom stereocenters. The largest absolute Gasteiger partial charge is 0.324 e. The minimum absolute atomic E-state index is 0.0729. The summed E-state index contributed by atoms with van der Waals surface area (Å²) < 4.78 is 13.0. The van der Waals surface area contributed by atoms with Gasteiger partial charge in [-0.2, -0.15) is 0 Å². The molecular weight excluding hydrogens is 201 g/mol. The van der Waals surface area contributed by atoms with E-state index in [1.165, 1.54) is 31.7 Å². The van der Waals surface area contributed by atoms with Gasteiger partial charge in [0.15, 0.2) is 0 Å². The van der Waals surface area contributed by atoms with Crippen LogP contribution in [0.5, 0.6) is 0 Å². The summed E-state index contributed by atoms with van der Waals surface area (Å²) in [4.78, 5) is 0. The molecule has 0 aliphatic heterocycles. The normalized spacial score (nSPS) is 18.9. The van der Waals surface area contributed by atoms with Crippen LogP contribution in [0.1, 0.15) is 49.3 Å².